The lowest BCUT2D eigenvalue weighted by atomic mass is 10.1. The molecular weight excluding hydrogens is 216 g/mol. The third kappa shape index (κ3) is 2.42. The maximum absolute atomic E-state index is 4.59. The van der Waals surface area contributed by atoms with Crippen molar-refractivity contribution in [3.05, 3.63) is 47.0 Å². The molecule has 2 nitrogen and oxygen atoms in total. The maximum Gasteiger partial charge on any atom is 0.183 e. The second kappa shape index (κ2) is 4.26. The number of nitrogens with one attached hydrogen (secondary N) is 1. The van der Waals surface area contributed by atoms with E-state index in [0.717, 1.165) is 11.6 Å². The van der Waals surface area contributed by atoms with Gasteiger partial charge < -0.3 is 5.32 Å². The van der Waals surface area contributed by atoms with Crippen molar-refractivity contribution in [2.75, 3.05) is 5.32 Å². The normalized spacial score (nSPS) is 15.0. The van der Waals surface area contributed by atoms with Gasteiger partial charge in [0.1, 0.15) is 0 Å². The van der Waals surface area contributed by atoms with Gasteiger partial charge >= 0.3 is 0 Å². The van der Waals surface area contributed by atoms with E-state index >= 15 is 0 Å². The topological polar surface area (TPSA) is 24.9 Å². The molecular formula is C13H14N2S. The lowest BCUT2D eigenvalue weighted by Crippen LogP contribution is -2.00. The molecule has 1 heterocycles. The highest BCUT2D eigenvalue weighted by atomic mass is 32.1. The van der Waals surface area contributed by atoms with Gasteiger partial charge in [-0.05, 0) is 18.4 Å². The Labute approximate surface area is 99.4 Å². The van der Waals surface area contributed by atoms with Crippen LogP contribution in [0, 0.1) is 0 Å². The molecule has 0 unspecified atom stereocenters. The Morgan fingerprint density at radius 3 is 2.81 bits per heavy atom. The van der Waals surface area contributed by atoms with Gasteiger partial charge in [-0.3, -0.25) is 0 Å². The number of nitrogens with zero attached hydrogens (tertiary/aromatic N) is 1. The smallest absolute Gasteiger partial charge is 0.183 e. The number of hydrogen-bond donors (Lipinski definition) is 1. The van der Waals surface area contributed by atoms with Crippen LogP contribution in [-0.4, -0.2) is 11.0 Å². The molecule has 1 saturated carbocycles. The Balaban J connectivity index is 1.67. The van der Waals surface area contributed by atoms with E-state index in [-0.39, 0.29) is 0 Å². The van der Waals surface area contributed by atoms with E-state index in [1.807, 2.05) is 6.07 Å². The first kappa shape index (κ1) is 9.85. The van der Waals surface area contributed by atoms with Crippen LogP contribution in [0.4, 0.5) is 5.13 Å². The molecule has 0 bridgehead atoms. The molecule has 1 N–H and O–H groups in total. The molecule has 0 saturated heterocycles. The molecule has 0 atom stereocenters. The summed E-state index contributed by atoms with van der Waals surface area (Å²) >= 11 is 1.71. The number of anilines is 1. The third-order valence-corrected chi connectivity index (χ3v) is 3.51. The molecule has 1 aromatic carbocycles. The fraction of sp³-hybridized carbons (Fsp3) is 0.308. The minimum absolute atomic E-state index is 0.690. The standard InChI is InChI=1S/C13H14N2S/c1-2-4-10(5-3-1)8-12-9-16-13(15-12)14-11-6-7-11/h1-5,9,11H,6-8H2,(H,14,15). The molecule has 16 heavy (non-hydrogen) atoms. The van der Waals surface area contributed by atoms with Crippen molar-refractivity contribution < 1.29 is 0 Å². The summed E-state index contributed by atoms with van der Waals surface area (Å²) in [6.45, 7) is 0. The first-order chi connectivity index (χ1) is 7.90. The second-order valence-electron chi connectivity index (χ2n) is 4.22. The van der Waals surface area contributed by atoms with Crippen LogP contribution in [0.2, 0.25) is 0 Å². The fourth-order valence-electron chi connectivity index (χ4n) is 1.66. The van der Waals surface area contributed by atoms with Crippen molar-refractivity contribution in [2.24, 2.45) is 0 Å². The van der Waals surface area contributed by atoms with Crippen LogP contribution in [0.25, 0.3) is 0 Å². The summed E-state index contributed by atoms with van der Waals surface area (Å²) in [6.07, 6.45) is 3.53. The van der Waals surface area contributed by atoms with E-state index in [1.165, 1.54) is 24.1 Å². The Morgan fingerprint density at radius 2 is 2.06 bits per heavy atom. The molecule has 0 spiro atoms. The van der Waals surface area contributed by atoms with Crippen molar-refractivity contribution in [3.63, 3.8) is 0 Å². The van der Waals surface area contributed by atoms with E-state index in [1.54, 1.807) is 11.3 Å². The van der Waals surface area contributed by atoms with Crippen LogP contribution < -0.4 is 5.32 Å². The minimum atomic E-state index is 0.690. The van der Waals surface area contributed by atoms with Gasteiger partial charge in [0.25, 0.3) is 0 Å². The van der Waals surface area contributed by atoms with Crippen LogP contribution in [0.3, 0.4) is 0 Å². The molecule has 1 aromatic heterocycles. The van der Waals surface area contributed by atoms with Crippen LogP contribution in [0.5, 0.6) is 0 Å². The van der Waals surface area contributed by atoms with Gasteiger partial charge in [-0.2, -0.15) is 0 Å². The van der Waals surface area contributed by atoms with Crippen LogP contribution >= 0.6 is 11.3 Å². The lowest BCUT2D eigenvalue weighted by Gasteiger charge is -1.98. The fourth-order valence-corrected chi connectivity index (χ4v) is 2.45. The van der Waals surface area contributed by atoms with E-state index in [2.05, 4.69) is 39.9 Å². The third-order valence-electron chi connectivity index (χ3n) is 2.68. The van der Waals surface area contributed by atoms with Gasteiger partial charge in [0.05, 0.1) is 5.69 Å². The summed E-state index contributed by atoms with van der Waals surface area (Å²) < 4.78 is 0. The summed E-state index contributed by atoms with van der Waals surface area (Å²) in [6, 6.07) is 11.2. The molecule has 2 aromatic rings. The zero-order valence-electron chi connectivity index (χ0n) is 9.02. The Bertz CT molecular complexity index is 460. The van der Waals surface area contributed by atoms with E-state index < -0.39 is 0 Å². The molecule has 1 aliphatic rings. The second-order valence-corrected chi connectivity index (χ2v) is 5.08. The first-order valence-electron chi connectivity index (χ1n) is 5.65. The Kier molecular flexibility index (Phi) is 2.62. The van der Waals surface area contributed by atoms with Crippen molar-refractivity contribution >= 4 is 16.5 Å². The molecule has 0 aliphatic heterocycles. The van der Waals surface area contributed by atoms with Crippen molar-refractivity contribution in [1.29, 1.82) is 0 Å². The van der Waals surface area contributed by atoms with Gasteiger partial charge in [0.2, 0.25) is 0 Å². The number of benzene rings is 1. The average Bonchev–Trinajstić information content (AvgIpc) is 3.01. The largest absolute Gasteiger partial charge is 0.359 e. The highest BCUT2D eigenvalue weighted by molar-refractivity contribution is 7.13. The summed E-state index contributed by atoms with van der Waals surface area (Å²) in [7, 11) is 0. The van der Waals surface area contributed by atoms with E-state index in [0.29, 0.717) is 6.04 Å². The van der Waals surface area contributed by atoms with Gasteiger partial charge in [-0.25, -0.2) is 4.98 Å². The SMILES string of the molecule is c1ccc(Cc2csc(NC3CC3)n2)cc1. The molecule has 1 aliphatic carbocycles. The summed E-state index contributed by atoms with van der Waals surface area (Å²) in [5, 5.41) is 6.66. The number of aromatic nitrogens is 1. The van der Waals surface area contributed by atoms with Gasteiger partial charge in [-0.1, -0.05) is 30.3 Å². The van der Waals surface area contributed by atoms with Gasteiger partial charge in [-0.15, -0.1) is 11.3 Å². The Hall–Kier alpha value is -1.35. The lowest BCUT2D eigenvalue weighted by molar-refractivity contribution is 1.08. The van der Waals surface area contributed by atoms with Crippen molar-refractivity contribution in [2.45, 2.75) is 25.3 Å². The molecule has 1 fully saturated rings. The quantitative estimate of drug-likeness (QED) is 0.871. The Morgan fingerprint density at radius 1 is 1.25 bits per heavy atom. The predicted octanol–water partition coefficient (Wildman–Crippen LogP) is 3.31. The molecule has 3 heteroatoms. The molecule has 3 rings (SSSR count). The maximum atomic E-state index is 4.59. The summed E-state index contributed by atoms with van der Waals surface area (Å²) in [5.74, 6) is 0. The summed E-state index contributed by atoms with van der Waals surface area (Å²) in [4.78, 5) is 4.59. The van der Waals surface area contributed by atoms with E-state index in [4.69, 9.17) is 0 Å². The van der Waals surface area contributed by atoms with Crippen molar-refractivity contribution in [1.82, 2.24) is 4.98 Å². The van der Waals surface area contributed by atoms with Crippen LogP contribution in [0.1, 0.15) is 24.1 Å². The first-order valence-corrected chi connectivity index (χ1v) is 6.53. The van der Waals surface area contributed by atoms with Crippen LogP contribution in [0.15, 0.2) is 35.7 Å². The molecule has 0 amide bonds. The van der Waals surface area contributed by atoms with Crippen LogP contribution in [-0.2, 0) is 6.42 Å². The zero-order valence-corrected chi connectivity index (χ0v) is 9.83. The highest BCUT2D eigenvalue weighted by Crippen LogP contribution is 2.27. The molecule has 82 valence electrons. The highest BCUT2D eigenvalue weighted by Gasteiger charge is 2.21. The summed E-state index contributed by atoms with van der Waals surface area (Å²) in [5.41, 5.74) is 2.49. The average molecular weight is 230 g/mol. The molecule has 0 radical (unpaired) electrons. The van der Waals surface area contributed by atoms with Gasteiger partial charge in [0, 0.05) is 17.8 Å². The minimum Gasteiger partial charge on any atom is -0.359 e. The van der Waals surface area contributed by atoms with E-state index in [9.17, 15) is 0 Å². The number of hydrogen-bond acceptors (Lipinski definition) is 3. The number of thiazole rings is 1. The zero-order chi connectivity index (χ0) is 10.8. The van der Waals surface area contributed by atoms with Gasteiger partial charge in [0.15, 0.2) is 5.13 Å². The number of rotatable bonds is 4. The predicted molar refractivity (Wildman–Crippen MR) is 68.0 cm³/mol. The monoisotopic (exact) mass is 230 g/mol. The van der Waals surface area contributed by atoms with Crippen molar-refractivity contribution in [3.8, 4) is 0 Å².